The summed E-state index contributed by atoms with van der Waals surface area (Å²) in [4.78, 5) is 19.5. The summed E-state index contributed by atoms with van der Waals surface area (Å²) in [5.41, 5.74) is 6.86. The van der Waals surface area contributed by atoms with Crippen molar-refractivity contribution in [3.05, 3.63) is 66.8 Å². The van der Waals surface area contributed by atoms with Crippen molar-refractivity contribution >= 4 is 23.0 Å². The highest BCUT2D eigenvalue weighted by molar-refractivity contribution is 6.18. The van der Waals surface area contributed by atoms with Gasteiger partial charge >= 0.3 is 6.18 Å². The molecule has 0 aliphatic carbocycles. The van der Waals surface area contributed by atoms with Gasteiger partial charge in [0.25, 0.3) is 0 Å². The van der Waals surface area contributed by atoms with Crippen LogP contribution >= 0.6 is 0 Å². The Morgan fingerprint density at radius 3 is 2.50 bits per heavy atom. The smallest absolute Gasteiger partial charge is 0.366 e. The highest BCUT2D eigenvalue weighted by Crippen LogP contribution is 2.33. The molecule has 0 radical (unpaired) electrons. The number of aryl methyl sites for hydroxylation is 1. The Morgan fingerprint density at radius 2 is 1.96 bits per heavy atom. The number of alkyl halides is 3. The summed E-state index contributed by atoms with van der Waals surface area (Å²) in [6, 6.07) is 7.15. The molecule has 0 fully saturated rings. The number of rotatable bonds is 5. The van der Waals surface area contributed by atoms with Gasteiger partial charge in [0.15, 0.2) is 0 Å². The fourth-order valence-electron chi connectivity index (χ4n) is 2.52. The van der Waals surface area contributed by atoms with E-state index in [9.17, 15) is 18.0 Å². The summed E-state index contributed by atoms with van der Waals surface area (Å²) >= 11 is 0. The molecule has 1 amide bonds. The number of pyridine rings is 1. The fourth-order valence-corrected chi connectivity index (χ4v) is 2.52. The fraction of sp³-hybridized carbons (Fsp3) is 0.105. The number of carbonyl (C=O) groups is 1. The van der Waals surface area contributed by atoms with E-state index in [2.05, 4.69) is 21.9 Å². The molecule has 0 saturated carbocycles. The minimum absolute atomic E-state index is 0.136. The van der Waals surface area contributed by atoms with E-state index < -0.39 is 17.6 Å². The molecule has 0 aliphatic rings. The van der Waals surface area contributed by atoms with Gasteiger partial charge in [-0.3, -0.25) is 4.79 Å². The van der Waals surface area contributed by atoms with E-state index in [0.717, 1.165) is 12.3 Å². The van der Waals surface area contributed by atoms with Gasteiger partial charge in [0.05, 0.1) is 17.6 Å². The highest BCUT2D eigenvalue weighted by atomic mass is 19.4. The molecule has 0 bridgehead atoms. The van der Waals surface area contributed by atoms with Crippen molar-refractivity contribution in [1.82, 2.24) is 14.5 Å². The Kier molecular flexibility index (Phi) is 4.91. The number of nitrogens with two attached hydrogens (primary N) is 1. The first kappa shape index (κ1) is 19.2. The number of primary amides is 1. The van der Waals surface area contributed by atoms with Crippen LogP contribution in [0.4, 0.5) is 24.7 Å². The van der Waals surface area contributed by atoms with Gasteiger partial charge in [0.1, 0.15) is 5.82 Å². The van der Waals surface area contributed by atoms with Crippen molar-refractivity contribution in [3.8, 4) is 11.3 Å². The lowest BCUT2D eigenvalue weighted by Gasteiger charge is -2.13. The third-order valence-electron chi connectivity index (χ3n) is 4.00. The average Bonchev–Trinajstić information content (AvgIpc) is 3.07. The third kappa shape index (κ3) is 4.03. The molecule has 2 heterocycles. The zero-order valence-corrected chi connectivity index (χ0v) is 14.8. The van der Waals surface area contributed by atoms with Crippen molar-refractivity contribution in [2.75, 3.05) is 5.32 Å². The predicted octanol–water partition coefficient (Wildman–Crippen LogP) is 3.74. The molecule has 6 nitrogen and oxygen atoms in total. The first-order chi connectivity index (χ1) is 13.1. The van der Waals surface area contributed by atoms with Gasteiger partial charge in [-0.15, -0.1) is 0 Å². The molecule has 1 aromatic carbocycles. The van der Waals surface area contributed by atoms with Crippen molar-refractivity contribution in [2.24, 2.45) is 12.8 Å². The van der Waals surface area contributed by atoms with E-state index in [1.165, 1.54) is 6.07 Å². The predicted molar refractivity (Wildman–Crippen MR) is 99.4 cm³/mol. The summed E-state index contributed by atoms with van der Waals surface area (Å²) in [5, 5.41) is 2.98. The number of anilines is 2. The third-order valence-corrected chi connectivity index (χ3v) is 4.00. The quantitative estimate of drug-likeness (QED) is 0.653. The van der Waals surface area contributed by atoms with Crippen LogP contribution in [-0.4, -0.2) is 20.4 Å². The topological polar surface area (TPSA) is 85.8 Å². The minimum Gasteiger partial charge on any atom is -0.366 e. The molecule has 0 spiro atoms. The lowest BCUT2D eigenvalue weighted by atomic mass is 10.0. The molecule has 3 aromatic rings. The van der Waals surface area contributed by atoms with Gasteiger partial charge < -0.3 is 15.6 Å². The standard InChI is InChI=1S/C19H16F3N5O/c1-11(18(23)28)12-3-5-15(14(7-12)16-9-27(2)10-25-16)26-17-6-4-13(8-24-17)19(20,21)22/h3-10H,1H2,2H3,(H2,23,28)(H,24,26). The van der Waals surface area contributed by atoms with Crippen molar-refractivity contribution in [3.63, 3.8) is 0 Å². The summed E-state index contributed by atoms with van der Waals surface area (Å²) < 4.78 is 39.8. The molecule has 2 aromatic heterocycles. The normalized spacial score (nSPS) is 11.3. The lowest BCUT2D eigenvalue weighted by Crippen LogP contribution is -2.12. The molecule has 9 heteroatoms. The number of hydrogen-bond donors (Lipinski definition) is 2. The van der Waals surface area contributed by atoms with Crippen LogP contribution in [0.2, 0.25) is 0 Å². The van der Waals surface area contributed by atoms with E-state index in [-0.39, 0.29) is 11.4 Å². The molecular weight excluding hydrogens is 371 g/mol. The van der Waals surface area contributed by atoms with Crippen LogP contribution in [0, 0.1) is 0 Å². The van der Waals surface area contributed by atoms with Gasteiger partial charge in [0.2, 0.25) is 5.91 Å². The maximum Gasteiger partial charge on any atom is 0.417 e. The van der Waals surface area contributed by atoms with Crippen LogP contribution < -0.4 is 11.1 Å². The van der Waals surface area contributed by atoms with Crippen molar-refractivity contribution in [2.45, 2.75) is 6.18 Å². The van der Waals surface area contributed by atoms with E-state index in [4.69, 9.17) is 5.73 Å². The number of aromatic nitrogens is 3. The van der Waals surface area contributed by atoms with E-state index >= 15 is 0 Å². The second kappa shape index (κ2) is 7.18. The van der Waals surface area contributed by atoms with Gasteiger partial charge in [0, 0.05) is 36.3 Å². The number of benzene rings is 1. The highest BCUT2D eigenvalue weighted by Gasteiger charge is 2.30. The Bertz CT molecular complexity index is 1040. The Labute approximate surface area is 158 Å². The van der Waals surface area contributed by atoms with Crippen LogP contribution in [-0.2, 0) is 18.0 Å². The first-order valence-electron chi connectivity index (χ1n) is 8.07. The Balaban J connectivity index is 2.00. The summed E-state index contributed by atoms with van der Waals surface area (Å²) in [7, 11) is 1.80. The first-order valence-corrected chi connectivity index (χ1v) is 8.07. The number of carbonyl (C=O) groups excluding carboxylic acids is 1. The number of halogens is 3. The maximum absolute atomic E-state index is 12.7. The summed E-state index contributed by atoms with van der Waals surface area (Å²) in [5.74, 6) is -0.427. The molecule has 0 aliphatic heterocycles. The molecule has 144 valence electrons. The number of imidazole rings is 1. The average molecular weight is 387 g/mol. The molecule has 3 rings (SSSR count). The molecule has 0 saturated heterocycles. The lowest BCUT2D eigenvalue weighted by molar-refractivity contribution is -0.137. The minimum atomic E-state index is -4.46. The van der Waals surface area contributed by atoms with Crippen LogP contribution in [0.15, 0.2) is 55.6 Å². The van der Waals surface area contributed by atoms with Gasteiger partial charge in [-0.1, -0.05) is 12.6 Å². The molecule has 0 unspecified atom stereocenters. The molecule has 0 atom stereocenters. The number of nitrogens with one attached hydrogen (secondary N) is 1. The second-order valence-electron chi connectivity index (χ2n) is 6.08. The number of hydrogen-bond acceptors (Lipinski definition) is 4. The molecule has 28 heavy (non-hydrogen) atoms. The molecular formula is C19H16F3N5O. The van der Waals surface area contributed by atoms with E-state index in [0.29, 0.717) is 22.5 Å². The van der Waals surface area contributed by atoms with Crippen LogP contribution in [0.1, 0.15) is 11.1 Å². The monoisotopic (exact) mass is 387 g/mol. The van der Waals surface area contributed by atoms with Crippen LogP contribution in [0.3, 0.4) is 0 Å². The largest absolute Gasteiger partial charge is 0.417 e. The zero-order chi connectivity index (χ0) is 20.5. The number of amides is 1. The molecule has 3 N–H and O–H groups in total. The second-order valence-corrected chi connectivity index (χ2v) is 6.08. The Hall–Kier alpha value is -3.62. The number of nitrogens with zero attached hydrogens (tertiary/aromatic N) is 3. The van der Waals surface area contributed by atoms with Gasteiger partial charge in [-0.2, -0.15) is 13.2 Å². The van der Waals surface area contributed by atoms with Crippen molar-refractivity contribution in [1.29, 1.82) is 0 Å². The zero-order valence-electron chi connectivity index (χ0n) is 14.8. The van der Waals surface area contributed by atoms with Gasteiger partial charge in [-0.25, -0.2) is 9.97 Å². The van der Waals surface area contributed by atoms with Gasteiger partial charge in [-0.05, 0) is 29.8 Å². The van der Waals surface area contributed by atoms with Crippen LogP contribution in [0.25, 0.3) is 16.8 Å². The summed E-state index contributed by atoms with van der Waals surface area (Å²) in [6.07, 6.45) is -0.337. The maximum atomic E-state index is 12.7. The van der Waals surface area contributed by atoms with E-state index in [1.54, 1.807) is 42.3 Å². The van der Waals surface area contributed by atoms with E-state index in [1.807, 2.05) is 0 Å². The van der Waals surface area contributed by atoms with Crippen molar-refractivity contribution < 1.29 is 18.0 Å². The Morgan fingerprint density at radius 1 is 1.21 bits per heavy atom. The SMILES string of the molecule is C=C(C(N)=O)c1ccc(Nc2ccc(C(F)(F)F)cn2)c(-c2cn(C)cn2)c1. The van der Waals surface area contributed by atoms with Crippen LogP contribution in [0.5, 0.6) is 0 Å². The summed E-state index contributed by atoms with van der Waals surface area (Å²) in [6.45, 7) is 3.67.